The van der Waals surface area contributed by atoms with Crippen LogP contribution in [0, 0.1) is 0 Å². The van der Waals surface area contributed by atoms with Gasteiger partial charge in [0.05, 0.1) is 20.6 Å². The quantitative estimate of drug-likeness (QED) is 0.600. The van der Waals surface area contributed by atoms with Crippen molar-refractivity contribution in [1.29, 1.82) is 0 Å². The number of hydrogen-bond donors (Lipinski definition) is 0. The normalized spacial score (nSPS) is 9.06. The van der Waals surface area contributed by atoms with Gasteiger partial charge in [0.15, 0.2) is 5.78 Å². The average Bonchev–Trinajstić information content (AvgIpc) is 2.35. The Balaban J connectivity index is 0.00000256. The van der Waals surface area contributed by atoms with Crippen molar-refractivity contribution in [3.05, 3.63) is 29.8 Å². The second-order valence-corrected chi connectivity index (χ2v) is 3.23. The molecule has 0 fully saturated rings. The zero-order valence-corrected chi connectivity index (χ0v) is 10.6. The van der Waals surface area contributed by atoms with Crippen molar-refractivity contribution in [1.82, 2.24) is 0 Å². The van der Waals surface area contributed by atoms with Gasteiger partial charge in [-0.1, -0.05) is 0 Å². The number of rotatable bonds is 5. The highest BCUT2D eigenvalue weighted by Crippen LogP contribution is 2.13. The van der Waals surface area contributed by atoms with Gasteiger partial charge in [0.2, 0.25) is 0 Å². The lowest BCUT2D eigenvalue weighted by molar-refractivity contribution is -0.140. The topological polar surface area (TPSA) is 52.6 Å². The highest BCUT2D eigenvalue weighted by molar-refractivity contribution is 5.97. The van der Waals surface area contributed by atoms with Crippen LogP contribution in [0.1, 0.15) is 23.2 Å². The van der Waals surface area contributed by atoms with Crippen LogP contribution in [0.15, 0.2) is 24.3 Å². The molecule has 1 rings (SSSR count). The number of hydrogen-bond acceptors (Lipinski definition) is 4. The fraction of sp³-hybridized carbons (Fsp3) is 0.333. The third-order valence-corrected chi connectivity index (χ3v) is 2.20. The molecule has 1 aromatic carbocycles. The second kappa shape index (κ2) is 7.68. The third-order valence-electron chi connectivity index (χ3n) is 2.20. The first-order valence-corrected chi connectivity index (χ1v) is 4.91. The summed E-state index contributed by atoms with van der Waals surface area (Å²) in [5.41, 5.74) is 0.574. The molecule has 94 valence electrons. The van der Waals surface area contributed by atoms with Gasteiger partial charge in [-0.3, -0.25) is 9.59 Å². The van der Waals surface area contributed by atoms with Crippen LogP contribution in [0.5, 0.6) is 5.75 Å². The molecular formula is C12H15ClO4. The van der Waals surface area contributed by atoms with Gasteiger partial charge in [-0.25, -0.2) is 0 Å². The summed E-state index contributed by atoms with van der Waals surface area (Å²) in [5, 5.41) is 0. The molecule has 0 aromatic heterocycles. The number of carbonyl (C=O) groups is 2. The van der Waals surface area contributed by atoms with Crippen molar-refractivity contribution in [3.8, 4) is 5.75 Å². The molecule has 0 aliphatic rings. The minimum absolute atomic E-state index is 0. The lowest BCUT2D eigenvalue weighted by Crippen LogP contribution is -2.05. The molecule has 5 heteroatoms. The minimum Gasteiger partial charge on any atom is -0.497 e. The number of Topliss-reactive ketones (excluding diaryl/α,β-unsaturated/α-hetero) is 1. The van der Waals surface area contributed by atoms with Crippen LogP contribution in [0.2, 0.25) is 0 Å². The number of ketones is 1. The van der Waals surface area contributed by atoms with Gasteiger partial charge < -0.3 is 9.47 Å². The van der Waals surface area contributed by atoms with Crippen LogP contribution in [0.3, 0.4) is 0 Å². The molecule has 0 saturated heterocycles. The van der Waals surface area contributed by atoms with Gasteiger partial charge in [-0.15, -0.1) is 12.4 Å². The van der Waals surface area contributed by atoms with Crippen molar-refractivity contribution >= 4 is 24.2 Å². The smallest absolute Gasteiger partial charge is 0.305 e. The first-order valence-electron chi connectivity index (χ1n) is 4.91. The van der Waals surface area contributed by atoms with E-state index in [1.807, 2.05) is 0 Å². The first-order chi connectivity index (χ1) is 7.67. The van der Waals surface area contributed by atoms with E-state index in [-0.39, 0.29) is 37.0 Å². The molecule has 0 spiro atoms. The van der Waals surface area contributed by atoms with Gasteiger partial charge >= 0.3 is 5.97 Å². The van der Waals surface area contributed by atoms with Crippen molar-refractivity contribution in [2.24, 2.45) is 0 Å². The number of methoxy groups -OCH3 is 2. The number of esters is 1. The van der Waals surface area contributed by atoms with Crippen LogP contribution in [-0.2, 0) is 9.53 Å². The van der Waals surface area contributed by atoms with Crippen molar-refractivity contribution in [2.45, 2.75) is 12.8 Å². The first kappa shape index (κ1) is 15.4. The molecule has 17 heavy (non-hydrogen) atoms. The van der Waals surface area contributed by atoms with E-state index in [0.29, 0.717) is 11.3 Å². The Morgan fingerprint density at radius 3 is 2.12 bits per heavy atom. The average molecular weight is 259 g/mol. The summed E-state index contributed by atoms with van der Waals surface area (Å²) >= 11 is 0. The van der Waals surface area contributed by atoms with E-state index in [1.165, 1.54) is 7.11 Å². The lowest BCUT2D eigenvalue weighted by atomic mass is 10.1. The highest BCUT2D eigenvalue weighted by Gasteiger charge is 2.09. The Hall–Kier alpha value is -1.55. The Morgan fingerprint density at radius 1 is 1.06 bits per heavy atom. The molecule has 0 atom stereocenters. The lowest BCUT2D eigenvalue weighted by Gasteiger charge is -2.02. The Labute approximate surface area is 106 Å². The monoisotopic (exact) mass is 258 g/mol. The molecule has 0 aliphatic carbocycles. The Kier molecular flexibility index (Phi) is 6.98. The molecular weight excluding hydrogens is 244 g/mol. The predicted octanol–water partition coefficient (Wildman–Crippen LogP) is 2.25. The van der Waals surface area contributed by atoms with Gasteiger partial charge in [-0.05, 0) is 24.3 Å². The number of halogens is 1. The van der Waals surface area contributed by atoms with Gasteiger partial charge in [0.1, 0.15) is 5.75 Å². The van der Waals surface area contributed by atoms with Crippen LogP contribution in [0.25, 0.3) is 0 Å². The van der Waals surface area contributed by atoms with Crippen molar-refractivity contribution < 1.29 is 19.1 Å². The van der Waals surface area contributed by atoms with Gasteiger partial charge in [0, 0.05) is 12.0 Å². The summed E-state index contributed by atoms with van der Waals surface area (Å²) in [4.78, 5) is 22.5. The molecule has 0 bridgehead atoms. The molecule has 0 heterocycles. The van der Waals surface area contributed by atoms with Crippen LogP contribution < -0.4 is 4.74 Å². The maximum Gasteiger partial charge on any atom is 0.305 e. The summed E-state index contributed by atoms with van der Waals surface area (Å²) in [6.45, 7) is 0. The summed E-state index contributed by atoms with van der Waals surface area (Å²) < 4.78 is 9.44. The molecule has 0 unspecified atom stereocenters. The van der Waals surface area contributed by atoms with Gasteiger partial charge in [-0.2, -0.15) is 0 Å². The van der Waals surface area contributed by atoms with Crippen LogP contribution in [0.4, 0.5) is 0 Å². The fourth-order valence-corrected chi connectivity index (χ4v) is 1.24. The molecule has 0 amide bonds. The molecule has 0 radical (unpaired) electrons. The van der Waals surface area contributed by atoms with Crippen molar-refractivity contribution in [2.75, 3.05) is 14.2 Å². The number of carbonyl (C=O) groups excluding carboxylic acids is 2. The SMILES string of the molecule is COC(=O)CCC(=O)c1ccc(OC)cc1.Cl. The van der Waals surface area contributed by atoms with Crippen LogP contribution >= 0.6 is 12.4 Å². The second-order valence-electron chi connectivity index (χ2n) is 3.23. The summed E-state index contributed by atoms with van der Waals surface area (Å²) in [6, 6.07) is 6.79. The predicted molar refractivity (Wildman–Crippen MR) is 65.8 cm³/mol. The van der Waals surface area contributed by atoms with Crippen molar-refractivity contribution in [3.63, 3.8) is 0 Å². The largest absolute Gasteiger partial charge is 0.497 e. The van der Waals surface area contributed by atoms with Gasteiger partial charge in [0.25, 0.3) is 0 Å². The van der Waals surface area contributed by atoms with E-state index in [2.05, 4.69) is 4.74 Å². The molecule has 0 N–H and O–H groups in total. The van der Waals surface area contributed by atoms with Crippen LogP contribution in [-0.4, -0.2) is 26.0 Å². The standard InChI is InChI=1S/C12H14O4.ClH/c1-15-10-5-3-9(4-6-10)11(13)7-8-12(14)16-2;/h3-6H,7-8H2,1-2H3;1H. The maximum absolute atomic E-state index is 11.6. The third kappa shape index (κ3) is 4.87. The molecule has 1 aromatic rings. The minimum atomic E-state index is -0.373. The molecule has 0 saturated carbocycles. The fourth-order valence-electron chi connectivity index (χ4n) is 1.24. The Morgan fingerprint density at radius 2 is 1.65 bits per heavy atom. The zero-order valence-electron chi connectivity index (χ0n) is 9.76. The van der Waals surface area contributed by atoms with E-state index in [4.69, 9.17) is 4.74 Å². The van der Waals surface area contributed by atoms with E-state index >= 15 is 0 Å². The highest BCUT2D eigenvalue weighted by atomic mass is 35.5. The Bertz CT molecular complexity index is 373. The molecule has 0 aliphatic heterocycles. The molecule has 4 nitrogen and oxygen atoms in total. The van der Waals surface area contributed by atoms with E-state index < -0.39 is 0 Å². The number of ether oxygens (including phenoxy) is 2. The van der Waals surface area contributed by atoms with E-state index in [0.717, 1.165) is 0 Å². The summed E-state index contributed by atoms with van der Waals surface area (Å²) in [5.74, 6) is 0.249. The van der Waals surface area contributed by atoms with E-state index in [9.17, 15) is 9.59 Å². The summed E-state index contributed by atoms with van der Waals surface area (Å²) in [7, 11) is 2.87. The summed E-state index contributed by atoms with van der Waals surface area (Å²) in [6.07, 6.45) is 0.278. The van der Waals surface area contributed by atoms with E-state index in [1.54, 1.807) is 31.4 Å². The maximum atomic E-state index is 11.6. The number of benzene rings is 1. The zero-order chi connectivity index (χ0) is 12.0.